The molecule has 0 bridgehead atoms. The number of esters is 1. The third-order valence-corrected chi connectivity index (χ3v) is 7.03. The minimum atomic E-state index is -1.30. The van der Waals surface area contributed by atoms with Crippen molar-refractivity contribution in [3.63, 3.8) is 0 Å². The number of nitrogens with two attached hydrogens (primary N) is 2. The number of ether oxygens (including phenoxy) is 2. The van der Waals surface area contributed by atoms with Crippen molar-refractivity contribution < 1.29 is 23.9 Å². The highest BCUT2D eigenvalue weighted by Gasteiger charge is 2.36. The largest absolute Gasteiger partial charge is 0.457 e. The first-order valence-corrected chi connectivity index (χ1v) is 13.7. The normalized spacial score (nSPS) is 16.7. The summed E-state index contributed by atoms with van der Waals surface area (Å²) in [7, 11) is 1.20. The molecule has 2 aromatic heterocycles. The highest BCUT2D eigenvalue weighted by molar-refractivity contribution is 6.36. The Labute approximate surface area is 256 Å². The first-order chi connectivity index (χ1) is 21.1. The average Bonchev–Trinajstić information content (AvgIpc) is 3.42. The molecule has 0 unspecified atom stereocenters. The number of hydrogen-bond acceptors (Lipinski definition) is 14. The van der Waals surface area contributed by atoms with Crippen molar-refractivity contribution in [1.29, 1.82) is 10.5 Å². The van der Waals surface area contributed by atoms with Gasteiger partial charge in [0.15, 0.2) is 17.2 Å². The van der Waals surface area contributed by atoms with E-state index in [9.17, 15) is 24.9 Å². The fraction of sp³-hybridized carbons (Fsp3) is 0.385. The Morgan fingerprint density at radius 3 is 2.70 bits per heavy atom. The molecule has 1 aromatic carbocycles. The first-order valence-electron chi connectivity index (χ1n) is 13.3. The summed E-state index contributed by atoms with van der Waals surface area (Å²) in [5, 5.41) is 32.6. The third-order valence-electron chi connectivity index (χ3n) is 6.63. The van der Waals surface area contributed by atoms with Crippen LogP contribution in [0.1, 0.15) is 31.0 Å². The highest BCUT2D eigenvalue weighted by atomic mass is 35.5. The molecule has 1 fully saturated rings. The van der Waals surface area contributed by atoms with Gasteiger partial charge in [-0.15, -0.1) is 5.10 Å². The van der Waals surface area contributed by atoms with Crippen LogP contribution in [-0.2, 0) is 19.1 Å². The number of nitrogens with one attached hydrogen (secondary N) is 3. The Bertz CT molecular complexity index is 1670. The van der Waals surface area contributed by atoms with Gasteiger partial charge in [-0.25, -0.2) is 9.78 Å². The van der Waals surface area contributed by atoms with E-state index in [1.165, 1.54) is 23.9 Å². The second-order valence-electron chi connectivity index (χ2n) is 9.63. The van der Waals surface area contributed by atoms with Crippen LogP contribution in [0.5, 0.6) is 0 Å². The van der Waals surface area contributed by atoms with Gasteiger partial charge in [0.25, 0.3) is 0 Å². The molecule has 3 aromatic rings. The lowest BCUT2D eigenvalue weighted by molar-refractivity contribution is -0.153. The molecule has 230 valence electrons. The molecule has 1 saturated heterocycles. The van der Waals surface area contributed by atoms with Crippen LogP contribution < -0.4 is 32.3 Å². The average molecular weight is 625 g/mol. The molecule has 1 aliphatic heterocycles. The highest BCUT2D eigenvalue weighted by Crippen LogP contribution is 2.37. The van der Waals surface area contributed by atoms with Gasteiger partial charge in [0, 0.05) is 13.1 Å². The van der Waals surface area contributed by atoms with Crippen molar-refractivity contribution >= 4 is 58.4 Å². The molecular formula is C26H29ClN12O5. The summed E-state index contributed by atoms with van der Waals surface area (Å²) in [6.07, 6.45) is -0.427. The number of alkyl carbamates (subject to hydrolysis) is 1. The number of nitrogens with zero attached hydrogens (tertiary/aromatic N) is 7. The van der Waals surface area contributed by atoms with E-state index in [2.05, 4.69) is 37.1 Å². The van der Waals surface area contributed by atoms with Crippen molar-refractivity contribution in [2.24, 2.45) is 11.5 Å². The number of amides is 2. The number of anilines is 4. The molecule has 18 heteroatoms. The Morgan fingerprint density at radius 1 is 1.27 bits per heavy atom. The predicted molar refractivity (Wildman–Crippen MR) is 157 cm³/mol. The fourth-order valence-electron chi connectivity index (χ4n) is 4.58. The number of halogens is 1. The molecule has 17 nitrogen and oxygen atoms in total. The molecule has 1 aliphatic rings. The van der Waals surface area contributed by atoms with Crippen LogP contribution in [0.25, 0.3) is 5.65 Å². The topological polar surface area (TPSA) is 252 Å². The van der Waals surface area contributed by atoms with E-state index in [1.807, 2.05) is 13.0 Å². The summed E-state index contributed by atoms with van der Waals surface area (Å²) in [5.41, 5.74) is 12.4. The molecule has 4 rings (SSSR count). The Morgan fingerprint density at radius 2 is 2.05 bits per heavy atom. The van der Waals surface area contributed by atoms with Gasteiger partial charge in [0.05, 0.1) is 60.3 Å². The maximum Gasteiger partial charge on any atom is 0.407 e. The number of aromatic nitrogens is 4. The standard InChI is InChI=1S/C26H29ClN12O5/c1-3-32-22-23-33-11-14(10-29)39(23)37-25(36-22)34-17-6-13(9-28)7-18(21(17)27)38-5-4-16(35-26(42)43-2)19(12-38)44-24(41)15(30)8-20(31)40/h6-7,11,15-16,19H,3-5,8,12,30H2,1-2H3,(H2,31,40)(H,35,42)(H2,32,34,36,37)/t15-,16-,19-/m1/s1. The van der Waals surface area contributed by atoms with Gasteiger partial charge >= 0.3 is 12.1 Å². The van der Waals surface area contributed by atoms with Crippen molar-refractivity contribution in [3.05, 3.63) is 34.6 Å². The summed E-state index contributed by atoms with van der Waals surface area (Å²) >= 11 is 6.86. The summed E-state index contributed by atoms with van der Waals surface area (Å²) < 4.78 is 11.6. The number of nitriles is 2. The van der Waals surface area contributed by atoms with Crippen molar-refractivity contribution in [2.45, 2.75) is 38.0 Å². The Hall–Kier alpha value is -5.39. The van der Waals surface area contributed by atoms with E-state index in [0.717, 1.165) is 0 Å². The van der Waals surface area contributed by atoms with Crippen LogP contribution >= 0.6 is 11.6 Å². The van der Waals surface area contributed by atoms with Crippen LogP contribution in [0.4, 0.5) is 27.9 Å². The molecule has 0 saturated carbocycles. The lowest BCUT2D eigenvalue weighted by Gasteiger charge is -2.40. The number of hydrogen-bond donors (Lipinski definition) is 5. The molecule has 3 atom stereocenters. The van der Waals surface area contributed by atoms with Crippen molar-refractivity contribution in [2.75, 3.05) is 42.3 Å². The molecule has 0 aliphatic carbocycles. The van der Waals surface area contributed by atoms with Gasteiger partial charge in [0.1, 0.15) is 18.2 Å². The van der Waals surface area contributed by atoms with Crippen LogP contribution in [0.3, 0.4) is 0 Å². The van der Waals surface area contributed by atoms with Gasteiger partial charge in [-0.05, 0) is 25.5 Å². The Balaban J connectivity index is 1.67. The molecule has 44 heavy (non-hydrogen) atoms. The smallest absolute Gasteiger partial charge is 0.407 e. The van der Waals surface area contributed by atoms with Gasteiger partial charge < -0.3 is 41.8 Å². The van der Waals surface area contributed by atoms with Gasteiger partial charge in [-0.1, -0.05) is 11.6 Å². The monoisotopic (exact) mass is 624 g/mol. The first kappa shape index (κ1) is 31.5. The number of carbonyl (C=O) groups excluding carboxylic acids is 3. The minimum absolute atomic E-state index is 0.0331. The predicted octanol–water partition coefficient (Wildman–Crippen LogP) is 0.746. The van der Waals surface area contributed by atoms with Crippen LogP contribution in [0.2, 0.25) is 5.02 Å². The van der Waals surface area contributed by atoms with Crippen molar-refractivity contribution in [3.8, 4) is 12.1 Å². The van der Waals surface area contributed by atoms with Gasteiger partial charge in [-0.3, -0.25) is 9.59 Å². The zero-order chi connectivity index (χ0) is 32.0. The second-order valence-corrected chi connectivity index (χ2v) is 10.0. The summed E-state index contributed by atoms with van der Waals surface area (Å²) in [4.78, 5) is 46.4. The zero-order valence-electron chi connectivity index (χ0n) is 23.7. The minimum Gasteiger partial charge on any atom is -0.457 e. The van der Waals surface area contributed by atoms with E-state index in [1.54, 1.807) is 11.0 Å². The molecule has 0 radical (unpaired) electrons. The number of fused-ring (bicyclic) bond motifs is 1. The number of benzene rings is 1. The maximum absolute atomic E-state index is 12.7. The number of primary amides is 1. The summed E-state index contributed by atoms with van der Waals surface area (Å²) in [6.45, 7) is 2.76. The quantitative estimate of drug-likeness (QED) is 0.195. The van der Waals surface area contributed by atoms with Crippen LogP contribution in [-0.4, -0.2) is 82.5 Å². The molecule has 2 amide bonds. The fourth-order valence-corrected chi connectivity index (χ4v) is 4.85. The lowest BCUT2D eigenvalue weighted by Crippen LogP contribution is -2.56. The molecule has 0 spiro atoms. The Kier molecular flexibility index (Phi) is 9.84. The number of imidazole rings is 1. The number of carbonyl (C=O) groups is 3. The van der Waals surface area contributed by atoms with Crippen LogP contribution in [0, 0.1) is 22.7 Å². The number of rotatable bonds is 10. The zero-order valence-corrected chi connectivity index (χ0v) is 24.5. The second kappa shape index (κ2) is 13.7. The molecular weight excluding hydrogens is 596 g/mol. The van der Waals surface area contributed by atoms with Gasteiger partial charge in [-0.2, -0.15) is 20.0 Å². The van der Waals surface area contributed by atoms with Crippen molar-refractivity contribution in [1.82, 2.24) is 24.9 Å². The van der Waals surface area contributed by atoms with Gasteiger partial charge in [0.2, 0.25) is 11.9 Å². The summed E-state index contributed by atoms with van der Waals surface area (Å²) in [5.74, 6) is -1.21. The maximum atomic E-state index is 12.7. The van der Waals surface area contributed by atoms with E-state index >= 15 is 0 Å². The molecule has 7 N–H and O–H groups in total. The number of methoxy groups -OCH3 is 1. The molecule has 3 heterocycles. The van der Waals surface area contributed by atoms with Crippen LogP contribution in [0.15, 0.2) is 18.3 Å². The number of piperidine rings is 1. The van der Waals surface area contributed by atoms with E-state index in [4.69, 9.17) is 32.5 Å². The summed E-state index contributed by atoms with van der Waals surface area (Å²) in [6, 6.07) is 5.24. The lowest BCUT2D eigenvalue weighted by atomic mass is 10.00. The third kappa shape index (κ3) is 6.97. The SMILES string of the molecule is CCNc1nc(Nc2cc(C#N)cc(N3CC[C@@H](NC(=O)OC)[C@H](OC(=O)[C@H](N)CC(N)=O)C3)c2Cl)nn2c(C#N)cnc12. The van der Waals surface area contributed by atoms with E-state index in [0.29, 0.717) is 30.2 Å². The van der Waals surface area contributed by atoms with E-state index in [-0.39, 0.29) is 40.9 Å². The van der Waals surface area contributed by atoms with E-state index < -0.39 is 42.6 Å².